The fraction of sp³-hybridized carbons (Fsp3) is 0.467. The fourth-order valence-corrected chi connectivity index (χ4v) is 2.95. The van der Waals surface area contributed by atoms with Gasteiger partial charge in [0.15, 0.2) is 0 Å². The summed E-state index contributed by atoms with van der Waals surface area (Å²) in [6.45, 7) is 7.89. The Bertz CT molecular complexity index is 440. The molecule has 3 nitrogen and oxygen atoms in total. The molecule has 2 N–H and O–H groups in total. The summed E-state index contributed by atoms with van der Waals surface area (Å²) in [5.74, 6) is 0.377. The maximum Gasteiger partial charge on any atom is 0.121 e. The van der Waals surface area contributed by atoms with E-state index in [-0.39, 0.29) is 30.9 Å². The Kier molecular flexibility index (Phi) is 10.3. The number of allylic oxidation sites excluding steroid dienone is 1. The molecule has 1 heterocycles. The van der Waals surface area contributed by atoms with E-state index in [1.807, 2.05) is 18.2 Å². The smallest absolute Gasteiger partial charge is 0.121 e. The van der Waals surface area contributed by atoms with Gasteiger partial charge in [0.05, 0.1) is 0 Å². The molecular formula is C15H23BrCl2N2O. The van der Waals surface area contributed by atoms with E-state index in [1.165, 1.54) is 0 Å². The lowest BCUT2D eigenvalue weighted by Crippen LogP contribution is -2.45. The second-order valence-electron chi connectivity index (χ2n) is 4.87. The minimum Gasteiger partial charge on any atom is -0.508 e. The second kappa shape index (κ2) is 10.5. The van der Waals surface area contributed by atoms with E-state index in [0.29, 0.717) is 5.75 Å². The van der Waals surface area contributed by atoms with Crippen LogP contribution in [0.15, 0.2) is 35.3 Å². The summed E-state index contributed by atoms with van der Waals surface area (Å²) in [6.07, 6.45) is 3.91. The van der Waals surface area contributed by atoms with Gasteiger partial charge in [-0.15, -0.1) is 31.4 Å². The zero-order chi connectivity index (χ0) is 13.7. The SMILES string of the molecule is C=CCC[C@@H](c1ccc(Br)cc1O)N1CCNCC1.Cl.Cl. The van der Waals surface area contributed by atoms with Gasteiger partial charge in [0, 0.05) is 42.3 Å². The van der Waals surface area contributed by atoms with E-state index in [1.54, 1.807) is 6.07 Å². The lowest BCUT2D eigenvalue weighted by atomic mass is 9.98. The molecule has 0 spiro atoms. The van der Waals surface area contributed by atoms with Crippen molar-refractivity contribution in [3.05, 3.63) is 40.9 Å². The van der Waals surface area contributed by atoms with Gasteiger partial charge in [-0.05, 0) is 25.0 Å². The van der Waals surface area contributed by atoms with Gasteiger partial charge in [0.1, 0.15) is 5.75 Å². The molecule has 0 aromatic heterocycles. The van der Waals surface area contributed by atoms with Gasteiger partial charge in [-0.2, -0.15) is 0 Å². The van der Waals surface area contributed by atoms with E-state index in [0.717, 1.165) is 49.1 Å². The molecule has 0 unspecified atom stereocenters. The third-order valence-corrected chi connectivity index (χ3v) is 4.08. The highest BCUT2D eigenvalue weighted by Gasteiger charge is 2.23. The predicted molar refractivity (Wildman–Crippen MR) is 96.9 cm³/mol. The molecule has 0 radical (unpaired) electrons. The number of piperazine rings is 1. The number of rotatable bonds is 5. The van der Waals surface area contributed by atoms with Gasteiger partial charge < -0.3 is 10.4 Å². The fourth-order valence-electron chi connectivity index (χ4n) is 2.60. The highest BCUT2D eigenvalue weighted by atomic mass is 79.9. The van der Waals surface area contributed by atoms with Gasteiger partial charge >= 0.3 is 0 Å². The summed E-state index contributed by atoms with van der Waals surface area (Å²) in [4.78, 5) is 2.45. The average molecular weight is 398 g/mol. The molecule has 0 amide bonds. The monoisotopic (exact) mass is 396 g/mol. The Balaban J connectivity index is 0.00000200. The molecular weight excluding hydrogens is 375 g/mol. The van der Waals surface area contributed by atoms with Crippen molar-refractivity contribution >= 4 is 40.7 Å². The van der Waals surface area contributed by atoms with Crippen molar-refractivity contribution < 1.29 is 5.11 Å². The Hall–Kier alpha value is -0.260. The minimum absolute atomic E-state index is 0. The molecule has 0 saturated carbocycles. The largest absolute Gasteiger partial charge is 0.508 e. The van der Waals surface area contributed by atoms with Crippen molar-refractivity contribution in [2.24, 2.45) is 0 Å². The molecule has 1 aliphatic heterocycles. The van der Waals surface area contributed by atoms with Gasteiger partial charge in [0.25, 0.3) is 0 Å². The van der Waals surface area contributed by atoms with E-state index in [4.69, 9.17) is 0 Å². The van der Waals surface area contributed by atoms with Crippen molar-refractivity contribution in [1.29, 1.82) is 0 Å². The van der Waals surface area contributed by atoms with Crippen LogP contribution in [0.2, 0.25) is 0 Å². The van der Waals surface area contributed by atoms with Crippen molar-refractivity contribution in [3.63, 3.8) is 0 Å². The van der Waals surface area contributed by atoms with Crippen LogP contribution >= 0.6 is 40.7 Å². The van der Waals surface area contributed by atoms with Gasteiger partial charge in [-0.3, -0.25) is 4.90 Å². The van der Waals surface area contributed by atoms with Crippen molar-refractivity contribution in [1.82, 2.24) is 10.2 Å². The number of phenolic OH excluding ortho intramolecular Hbond substituents is 1. The number of nitrogens with one attached hydrogen (secondary N) is 1. The van der Waals surface area contributed by atoms with E-state index >= 15 is 0 Å². The number of nitrogens with zero attached hydrogens (tertiary/aromatic N) is 1. The Morgan fingerprint density at radius 1 is 1.33 bits per heavy atom. The molecule has 1 atom stereocenters. The molecule has 0 aliphatic carbocycles. The normalized spacial score (nSPS) is 16.4. The van der Waals surface area contributed by atoms with Crippen LogP contribution < -0.4 is 5.32 Å². The maximum atomic E-state index is 10.2. The standard InChI is InChI=1S/C15H21BrN2O.2ClH/c1-2-3-4-14(18-9-7-17-8-10-18)13-6-5-12(16)11-15(13)19;;/h2,5-6,11,14,17,19H,1,3-4,7-10H2;2*1H/t14-;;/m0../s1. The molecule has 1 fully saturated rings. The van der Waals surface area contributed by atoms with Crippen LogP contribution in [0.3, 0.4) is 0 Å². The Labute approximate surface area is 147 Å². The molecule has 1 saturated heterocycles. The number of halogens is 3. The molecule has 1 aromatic rings. The first-order chi connectivity index (χ1) is 9.22. The van der Waals surface area contributed by atoms with Crippen LogP contribution in [-0.4, -0.2) is 36.2 Å². The minimum atomic E-state index is 0. The zero-order valence-electron chi connectivity index (χ0n) is 11.9. The topological polar surface area (TPSA) is 35.5 Å². The van der Waals surface area contributed by atoms with Crippen molar-refractivity contribution in [2.45, 2.75) is 18.9 Å². The molecule has 21 heavy (non-hydrogen) atoms. The quantitative estimate of drug-likeness (QED) is 0.739. The number of benzene rings is 1. The zero-order valence-corrected chi connectivity index (χ0v) is 15.1. The number of phenols is 1. The average Bonchev–Trinajstić information content (AvgIpc) is 2.42. The highest BCUT2D eigenvalue weighted by molar-refractivity contribution is 9.10. The molecule has 2 rings (SSSR count). The molecule has 120 valence electrons. The molecule has 1 aliphatic rings. The highest BCUT2D eigenvalue weighted by Crippen LogP contribution is 2.34. The third kappa shape index (κ3) is 5.80. The third-order valence-electron chi connectivity index (χ3n) is 3.59. The van der Waals surface area contributed by atoms with Gasteiger partial charge in [-0.25, -0.2) is 0 Å². The van der Waals surface area contributed by atoms with Gasteiger partial charge in [0.2, 0.25) is 0 Å². The van der Waals surface area contributed by atoms with Crippen LogP contribution in [0.5, 0.6) is 5.75 Å². The summed E-state index contributed by atoms with van der Waals surface area (Å²) < 4.78 is 0.913. The summed E-state index contributed by atoms with van der Waals surface area (Å²) in [6, 6.07) is 6.07. The van der Waals surface area contributed by atoms with Gasteiger partial charge in [-0.1, -0.05) is 28.1 Å². The van der Waals surface area contributed by atoms with Crippen LogP contribution in [0, 0.1) is 0 Å². The summed E-state index contributed by atoms with van der Waals surface area (Å²) in [5.41, 5.74) is 1.02. The van der Waals surface area contributed by atoms with E-state index in [2.05, 4.69) is 32.7 Å². The van der Waals surface area contributed by atoms with Crippen LogP contribution in [0.4, 0.5) is 0 Å². The molecule has 1 aromatic carbocycles. The molecule has 0 bridgehead atoms. The van der Waals surface area contributed by atoms with Crippen LogP contribution in [0.1, 0.15) is 24.4 Å². The number of hydrogen-bond donors (Lipinski definition) is 2. The van der Waals surface area contributed by atoms with E-state index < -0.39 is 0 Å². The van der Waals surface area contributed by atoms with Crippen LogP contribution in [0.25, 0.3) is 0 Å². The summed E-state index contributed by atoms with van der Waals surface area (Å²) in [5, 5.41) is 13.6. The first-order valence-corrected chi connectivity index (χ1v) is 7.55. The lowest BCUT2D eigenvalue weighted by molar-refractivity contribution is 0.163. The molecule has 6 heteroatoms. The maximum absolute atomic E-state index is 10.2. The van der Waals surface area contributed by atoms with Crippen LogP contribution in [-0.2, 0) is 0 Å². The first-order valence-electron chi connectivity index (χ1n) is 6.76. The van der Waals surface area contributed by atoms with Crippen molar-refractivity contribution in [2.75, 3.05) is 26.2 Å². The predicted octanol–water partition coefficient (Wildman–Crippen LogP) is 3.91. The Morgan fingerprint density at radius 3 is 2.57 bits per heavy atom. The second-order valence-corrected chi connectivity index (χ2v) is 5.79. The lowest BCUT2D eigenvalue weighted by Gasteiger charge is -2.35. The first kappa shape index (κ1) is 20.7. The van der Waals surface area contributed by atoms with Crippen molar-refractivity contribution in [3.8, 4) is 5.75 Å². The summed E-state index contributed by atoms with van der Waals surface area (Å²) >= 11 is 3.39. The number of aromatic hydroxyl groups is 1. The summed E-state index contributed by atoms with van der Waals surface area (Å²) in [7, 11) is 0. The Morgan fingerprint density at radius 2 is 2.00 bits per heavy atom. The number of hydrogen-bond acceptors (Lipinski definition) is 3. The van der Waals surface area contributed by atoms with E-state index in [9.17, 15) is 5.11 Å².